The molecule has 1 aliphatic carbocycles. The third-order valence-electron chi connectivity index (χ3n) is 8.81. The zero-order chi connectivity index (χ0) is 29.1. The van der Waals surface area contributed by atoms with Gasteiger partial charge in [0.15, 0.2) is 23.0 Å². The molecule has 6 aromatic carbocycles. The van der Waals surface area contributed by atoms with Crippen LogP contribution in [-0.2, 0) is 5.41 Å². The minimum atomic E-state index is -0.112. The summed E-state index contributed by atoms with van der Waals surface area (Å²) in [6.07, 6.45) is 0. The maximum absolute atomic E-state index is 9.00. The predicted molar refractivity (Wildman–Crippen MR) is 174 cm³/mol. The first-order chi connectivity index (χ1) is 21.0. The number of ether oxygens (including phenoxy) is 2. The van der Waals surface area contributed by atoms with E-state index in [4.69, 9.17) is 14.9 Å². The van der Waals surface area contributed by atoms with Crippen LogP contribution in [-0.4, -0.2) is 5.71 Å². The zero-order valence-corrected chi connectivity index (χ0v) is 24.0. The van der Waals surface area contributed by atoms with Crippen LogP contribution in [0.2, 0.25) is 0 Å². The van der Waals surface area contributed by atoms with Crippen molar-refractivity contribution in [2.75, 3.05) is 0 Å². The van der Waals surface area contributed by atoms with Gasteiger partial charge in [-0.1, -0.05) is 129 Å². The average molecular weight is 556 g/mol. The van der Waals surface area contributed by atoms with E-state index in [1.54, 1.807) is 0 Å². The van der Waals surface area contributed by atoms with E-state index in [0.717, 1.165) is 44.7 Å². The number of fused-ring (bicyclic) bond motifs is 6. The van der Waals surface area contributed by atoms with Crippen molar-refractivity contribution in [2.24, 2.45) is 0 Å². The number of rotatable bonds is 4. The van der Waals surface area contributed by atoms with Crippen LogP contribution in [0, 0.1) is 5.41 Å². The molecular formula is C40H29NO2. The maximum atomic E-state index is 9.00. The third kappa shape index (κ3) is 4.00. The monoisotopic (exact) mass is 555 g/mol. The fourth-order valence-electron chi connectivity index (χ4n) is 6.54. The third-order valence-corrected chi connectivity index (χ3v) is 8.81. The van der Waals surface area contributed by atoms with Crippen molar-refractivity contribution in [3.05, 3.63) is 156 Å². The minimum Gasteiger partial charge on any atom is -0.449 e. The van der Waals surface area contributed by atoms with Gasteiger partial charge >= 0.3 is 0 Å². The Morgan fingerprint density at radius 2 is 1.16 bits per heavy atom. The summed E-state index contributed by atoms with van der Waals surface area (Å²) in [5.74, 6) is 2.87. The zero-order valence-electron chi connectivity index (χ0n) is 24.0. The lowest BCUT2D eigenvalue weighted by molar-refractivity contribution is 0.361. The van der Waals surface area contributed by atoms with Gasteiger partial charge in [0.25, 0.3) is 0 Å². The fraction of sp³-hybridized carbons (Fsp3) is 0.0750. The summed E-state index contributed by atoms with van der Waals surface area (Å²) in [7, 11) is 0. The van der Waals surface area contributed by atoms with Crippen molar-refractivity contribution in [2.45, 2.75) is 19.3 Å². The predicted octanol–water partition coefficient (Wildman–Crippen LogP) is 10.6. The van der Waals surface area contributed by atoms with E-state index in [9.17, 15) is 0 Å². The molecule has 0 saturated carbocycles. The van der Waals surface area contributed by atoms with Crippen molar-refractivity contribution < 1.29 is 9.47 Å². The molecule has 0 radical (unpaired) electrons. The molecule has 206 valence electrons. The van der Waals surface area contributed by atoms with Gasteiger partial charge in [-0.2, -0.15) is 0 Å². The molecule has 1 N–H and O–H groups in total. The molecule has 43 heavy (non-hydrogen) atoms. The molecule has 0 spiro atoms. The molecule has 3 nitrogen and oxygen atoms in total. The van der Waals surface area contributed by atoms with E-state index in [0.29, 0.717) is 23.0 Å². The standard InChI is InChI=1S/C40H29NO2/c1-40(2)32-16-7-6-14-31(32)36-33(40)22-23-35-39(36)43-34-17-9-15-30(38(34)42-35)28-12-8-13-29(24-28)37(41)27-20-18-26(19-21-27)25-10-4-3-5-11-25/h3-24,41H,1-2H3. The van der Waals surface area contributed by atoms with Crippen molar-refractivity contribution in [1.29, 1.82) is 5.41 Å². The molecule has 1 aliphatic heterocycles. The van der Waals surface area contributed by atoms with Crippen LogP contribution >= 0.6 is 0 Å². The molecule has 0 fully saturated rings. The molecule has 0 bridgehead atoms. The van der Waals surface area contributed by atoms with Gasteiger partial charge in [-0.15, -0.1) is 0 Å². The second-order valence-corrected chi connectivity index (χ2v) is 11.7. The topological polar surface area (TPSA) is 42.3 Å². The highest BCUT2D eigenvalue weighted by atomic mass is 16.6. The van der Waals surface area contributed by atoms with Crippen LogP contribution in [0.4, 0.5) is 0 Å². The Morgan fingerprint density at radius 3 is 2.00 bits per heavy atom. The van der Waals surface area contributed by atoms with E-state index < -0.39 is 0 Å². The molecule has 8 rings (SSSR count). The van der Waals surface area contributed by atoms with Gasteiger partial charge in [-0.05, 0) is 51.6 Å². The van der Waals surface area contributed by atoms with Crippen molar-refractivity contribution in [3.8, 4) is 56.4 Å². The number of nitrogens with one attached hydrogen (secondary N) is 1. The molecule has 1 heterocycles. The van der Waals surface area contributed by atoms with Gasteiger partial charge in [0.2, 0.25) is 0 Å². The Hall–Kier alpha value is -5.41. The molecule has 6 aromatic rings. The Kier molecular flexibility index (Phi) is 5.63. The van der Waals surface area contributed by atoms with Crippen LogP contribution < -0.4 is 9.47 Å². The second kappa shape index (κ2) is 9.57. The van der Waals surface area contributed by atoms with E-state index in [2.05, 4.69) is 86.6 Å². The van der Waals surface area contributed by atoms with Crippen LogP contribution in [0.1, 0.15) is 36.1 Å². The molecule has 0 atom stereocenters. The van der Waals surface area contributed by atoms with Gasteiger partial charge in [0.1, 0.15) is 0 Å². The quantitative estimate of drug-likeness (QED) is 0.220. The molecule has 0 unspecified atom stereocenters. The number of hydrogen-bond donors (Lipinski definition) is 1. The molecule has 2 aliphatic rings. The Morgan fingerprint density at radius 1 is 0.512 bits per heavy atom. The SMILES string of the molecule is CC1(C)c2ccccc2-c2c1ccc1c2Oc2cccc(-c3cccc(C(=N)c4ccc(-c5ccccc5)cc4)c3)c2O1. The smallest absolute Gasteiger partial charge is 0.178 e. The van der Waals surface area contributed by atoms with Crippen LogP contribution in [0.5, 0.6) is 23.0 Å². The highest BCUT2D eigenvalue weighted by molar-refractivity contribution is 6.11. The lowest BCUT2D eigenvalue weighted by Crippen LogP contribution is -2.15. The molecule has 0 amide bonds. The first-order valence-corrected chi connectivity index (χ1v) is 14.6. The van der Waals surface area contributed by atoms with E-state index in [-0.39, 0.29) is 5.41 Å². The summed E-state index contributed by atoms with van der Waals surface area (Å²) in [4.78, 5) is 0. The largest absolute Gasteiger partial charge is 0.449 e. The Bertz CT molecular complexity index is 2060. The van der Waals surface area contributed by atoms with Crippen LogP contribution in [0.25, 0.3) is 33.4 Å². The lowest BCUT2D eigenvalue weighted by atomic mass is 9.82. The summed E-state index contributed by atoms with van der Waals surface area (Å²) in [6, 6.07) is 45.4. The molecule has 0 aromatic heterocycles. The van der Waals surface area contributed by atoms with Crippen molar-refractivity contribution in [3.63, 3.8) is 0 Å². The summed E-state index contributed by atoms with van der Waals surface area (Å²) >= 11 is 0. The van der Waals surface area contributed by atoms with Crippen molar-refractivity contribution >= 4 is 5.71 Å². The Labute approximate surface area is 251 Å². The van der Waals surface area contributed by atoms with E-state index >= 15 is 0 Å². The molecule has 3 heteroatoms. The summed E-state index contributed by atoms with van der Waals surface area (Å²) in [5.41, 5.74) is 11.1. The average Bonchev–Trinajstić information content (AvgIpc) is 3.30. The summed E-state index contributed by atoms with van der Waals surface area (Å²) in [5, 5.41) is 9.00. The highest BCUT2D eigenvalue weighted by Crippen LogP contribution is 2.59. The van der Waals surface area contributed by atoms with Gasteiger partial charge in [-0.3, -0.25) is 5.41 Å². The maximum Gasteiger partial charge on any atom is 0.178 e. The molecular weight excluding hydrogens is 526 g/mol. The van der Waals surface area contributed by atoms with Crippen LogP contribution in [0.3, 0.4) is 0 Å². The Balaban J connectivity index is 1.13. The van der Waals surface area contributed by atoms with E-state index in [1.807, 2.05) is 60.7 Å². The van der Waals surface area contributed by atoms with Crippen molar-refractivity contribution in [1.82, 2.24) is 0 Å². The first-order valence-electron chi connectivity index (χ1n) is 14.6. The van der Waals surface area contributed by atoms with Gasteiger partial charge in [0.05, 0.1) is 5.71 Å². The van der Waals surface area contributed by atoms with Gasteiger partial charge in [0, 0.05) is 27.7 Å². The second-order valence-electron chi connectivity index (χ2n) is 11.7. The molecule has 0 saturated heterocycles. The minimum absolute atomic E-state index is 0.112. The number of para-hydroxylation sites is 1. The van der Waals surface area contributed by atoms with E-state index in [1.165, 1.54) is 16.7 Å². The number of benzene rings is 6. The fourth-order valence-corrected chi connectivity index (χ4v) is 6.54. The lowest BCUT2D eigenvalue weighted by Gasteiger charge is -2.26. The normalized spacial score (nSPS) is 13.5. The van der Waals surface area contributed by atoms with Gasteiger partial charge in [-0.25, -0.2) is 0 Å². The summed E-state index contributed by atoms with van der Waals surface area (Å²) in [6.45, 7) is 4.53. The number of hydrogen-bond acceptors (Lipinski definition) is 3. The highest BCUT2D eigenvalue weighted by Gasteiger charge is 2.39. The van der Waals surface area contributed by atoms with Crippen LogP contribution in [0.15, 0.2) is 133 Å². The van der Waals surface area contributed by atoms with Gasteiger partial charge < -0.3 is 9.47 Å². The first kappa shape index (κ1) is 25.3. The summed E-state index contributed by atoms with van der Waals surface area (Å²) < 4.78 is 13.3.